The third-order valence-electron chi connectivity index (χ3n) is 2.80. The molecule has 0 bridgehead atoms. The molecule has 0 atom stereocenters. The number of pyridine rings is 1. The number of hydrogen-bond donors (Lipinski definition) is 2. The van der Waals surface area contributed by atoms with Crippen molar-refractivity contribution in [3.8, 4) is 0 Å². The van der Waals surface area contributed by atoms with Gasteiger partial charge < -0.3 is 10.4 Å². The highest BCUT2D eigenvalue weighted by Gasteiger charge is 2.15. The Bertz CT molecular complexity index is 295. The van der Waals surface area contributed by atoms with Gasteiger partial charge in [-0.25, -0.2) is 0 Å². The van der Waals surface area contributed by atoms with Crippen molar-refractivity contribution in [3.05, 3.63) is 24.0 Å². The van der Waals surface area contributed by atoms with Crippen LogP contribution < -0.4 is 5.32 Å². The van der Waals surface area contributed by atoms with Gasteiger partial charge in [-0.2, -0.15) is 0 Å². The Hall–Kier alpha value is -1.09. The summed E-state index contributed by atoms with van der Waals surface area (Å²) in [7, 11) is 0. The van der Waals surface area contributed by atoms with Crippen molar-refractivity contribution in [1.82, 2.24) is 4.98 Å². The number of anilines is 1. The summed E-state index contributed by atoms with van der Waals surface area (Å²) in [6, 6.07) is 2.43. The minimum atomic E-state index is 0.0809. The molecule has 1 fully saturated rings. The van der Waals surface area contributed by atoms with Crippen LogP contribution in [0.2, 0.25) is 0 Å². The van der Waals surface area contributed by atoms with Crippen molar-refractivity contribution >= 4 is 5.69 Å². The summed E-state index contributed by atoms with van der Waals surface area (Å²) < 4.78 is 0. The molecule has 76 valence electrons. The first kappa shape index (κ1) is 9.46. The molecule has 0 unspecified atom stereocenters. The van der Waals surface area contributed by atoms with Gasteiger partial charge >= 0.3 is 0 Å². The second-order valence-corrected chi connectivity index (χ2v) is 3.82. The van der Waals surface area contributed by atoms with E-state index in [2.05, 4.69) is 10.3 Å². The fourth-order valence-electron chi connectivity index (χ4n) is 1.98. The fourth-order valence-corrected chi connectivity index (χ4v) is 1.98. The molecule has 1 aliphatic carbocycles. The molecule has 1 aromatic heterocycles. The van der Waals surface area contributed by atoms with Crippen LogP contribution in [0.15, 0.2) is 18.5 Å². The molecule has 0 spiro atoms. The highest BCUT2D eigenvalue weighted by atomic mass is 16.3. The van der Waals surface area contributed by atoms with E-state index in [1.165, 1.54) is 25.7 Å². The number of rotatable bonds is 3. The Morgan fingerprint density at radius 2 is 2.21 bits per heavy atom. The predicted octanol–water partition coefficient (Wildman–Crippen LogP) is 1.93. The zero-order valence-corrected chi connectivity index (χ0v) is 8.24. The van der Waals surface area contributed by atoms with E-state index in [1.54, 1.807) is 12.4 Å². The van der Waals surface area contributed by atoms with E-state index in [0.29, 0.717) is 6.04 Å². The van der Waals surface area contributed by atoms with Crippen LogP contribution in [0.1, 0.15) is 31.2 Å². The molecular weight excluding hydrogens is 176 g/mol. The van der Waals surface area contributed by atoms with E-state index in [9.17, 15) is 0 Å². The standard InChI is InChI=1S/C11H16N2O/c14-8-9-5-6-12-7-11(9)13-10-3-1-2-4-10/h5-7,10,13-14H,1-4,8H2. The van der Waals surface area contributed by atoms with Crippen molar-refractivity contribution in [2.45, 2.75) is 38.3 Å². The number of aliphatic hydroxyl groups is 1. The van der Waals surface area contributed by atoms with Gasteiger partial charge in [0.1, 0.15) is 0 Å². The SMILES string of the molecule is OCc1ccncc1NC1CCCC1. The molecule has 14 heavy (non-hydrogen) atoms. The van der Waals surface area contributed by atoms with Crippen LogP contribution in [0.4, 0.5) is 5.69 Å². The monoisotopic (exact) mass is 192 g/mol. The Kier molecular flexibility index (Phi) is 2.99. The van der Waals surface area contributed by atoms with Crippen LogP contribution in [0.5, 0.6) is 0 Å². The summed E-state index contributed by atoms with van der Waals surface area (Å²) in [5, 5.41) is 12.6. The van der Waals surface area contributed by atoms with Gasteiger partial charge in [0, 0.05) is 17.8 Å². The third kappa shape index (κ3) is 2.04. The molecule has 1 heterocycles. The van der Waals surface area contributed by atoms with E-state index in [4.69, 9.17) is 5.11 Å². The number of aliphatic hydroxyl groups excluding tert-OH is 1. The topological polar surface area (TPSA) is 45.2 Å². The highest BCUT2D eigenvalue weighted by molar-refractivity contribution is 5.49. The zero-order chi connectivity index (χ0) is 9.80. The van der Waals surface area contributed by atoms with Gasteiger partial charge in [0.15, 0.2) is 0 Å². The molecule has 0 aliphatic heterocycles. The molecule has 1 aromatic rings. The summed E-state index contributed by atoms with van der Waals surface area (Å²) >= 11 is 0. The highest BCUT2D eigenvalue weighted by Crippen LogP contribution is 2.23. The van der Waals surface area contributed by atoms with Crippen molar-refractivity contribution in [3.63, 3.8) is 0 Å². The number of hydrogen-bond acceptors (Lipinski definition) is 3. The molecule has 0 radical (unpaired) electrons. The first-order valence-electron chi connectivity index (χ1n) is 5.20. The fraction of sp³-hybridized carbons (Fsp3) is 0.545. The maximum Gasteiger partial charge on any atom is 0.0703 e. The van der Waals surface area contributed by atoms with E-state index in [0.717, 1.165) is 11.3 Å². The molecule has 1 saturated carbocycles. The lowest BCUT2D eigenvalue weighted by molar-refractivity contribution is 0.282. The largest absolute Gasteiger partial charge is 0.392 e. The van der Waals surface area contributed by atoms with Crippen molar-refractivity contribution < 1.29 is 5.11 Å². The molecule has 0 aromatic carbocycles. The van der Waals surface area contributed by atoms with Crippen LogP contribution in [-0.2, 0) is 6.61 Å². The maximum atomic E-state index is 9.12. The van der Waals surface area contributed by atoms with Crippen LogP contribution >= 0.6 is 0 Å². The maximum absolute atomic E-state index is 9.12. The van der Waals surface area contributed by atoms with E-state index < -0.39 is 0 Å². The first-order chi connectivity index (χ1) is 6.90. The average molecular weight is 192 g/mol. The zero-order valence-electron chi connectivity index (χ0n) is 8.24. The Morgan fingerprint density at radius 3 is 2.93 bits per heavy atom. The quantitative estimate of drug-likeness (QED) is 0.769. The number of nitrogens with one attached hydrogen (secondary N) is 1. The minimum absolute atomic E-state index is 0.0809. The molecule has 3 heteroatoms. The summed E-state index contributed by atoms with van der Waals surface area (Å²) in [5.41, 5.74) is 1.92. The Balaban J connectivity index is 2.07. The molecule has 1 aliphatic rings. The lowest BCUT2D eigenvalue weighted by Crippen LogP contribution is -2.15. The summed E-state index contributed by atoms with van der Waals surface area (Å²) in [6.07, 6.45) is 8.60. The van der Waals surface area contributed by atoms with Gasteiger partial charge in [-0.3, -0.25) is 4.98 Å². The summed E-state index contributed by atoms with van der Waals surface area (Å²) in [6.45, 7) is 0.0809. The van der Waals surface area contributed by atoms with Crippen molar-refractivity contribution in [2.75, 3.05) is 5.32 Å². The molecule has 2 N–H and O–H groups in total. The van der Waals surface area contributed by atoms with Gasteiger partial charge in [-0.1, -0.05) is 12.8 Å². The average Bonchev–Trinajstić information content (AvgIpc) is 2.71. The lowest BCUT2D eigenvalue weighted by atomic mass is 10.2. The molecular formula is C11H16N2O. The van der Waals surface area contributed by atoms with Crippen LogP contribution in [-0.4, -0.2) is 16.1 Å². The second-order valence-electron chi connectivity index (χ2n) is 3.82. The Morgan fingerprint density at radius 1 is 1.43 bits per heavy atom. The van der Waals surface area contributed by atoms with Crippen molar-refractivity contribution in [2.24, 2.45) is 0 Å². The molecule has 0 amide bonds. The van der Waals surface area contributed by atoms with Gasteiger partial charge in [-0.05, 0) is 18.9 Å². The smallest absolute Gasteiger partial charge is 0.0703 e. The van der Waals surface area contributed by atoms with E-state index in [-0.39, 0.29) is 6.61 Å². The second kappa shape index (κ2) is 4.42. The molecule has 2 rings (SSSR count). The predicted molar refractivity (Wildman–Crippen MR) is 56.0 cm³/mol. The summed E-state index contributed by atoms with van der Waals surface area (Å²) in [4.78, 5) is 4.06. The third-order valence-corrected chi connectivity index (χ3v) is 2.80. The lowest BCUT2D eigenvalue weighted by Gasteiger charge is -2.15. The van der Waals surface area contributed by atoms with E-state index >= 15 is 0 Å². The normalized spacial score (nSPS) is 17.2. The number of aromatic nitrogens is 1. The van der Waals surface area contributed by atoms with Gasteiger partial charge in [-0.15, -0.1) is 0 Å². The van der Waals surface area contributed by atoms with Gasteiger partial charge in [0.2, 0.25) is 0 Å². The van der Waals surface area contributed by atoms with Gasteiger partial charge in [0.25, 0.3) is 0 Å². The van der Waals surface area contributed by atoms with Crippen LogP contribution in [0, 0.1) is 0 Å². The Labute approximate surface area is 84.2 Å². The molecule has 3 nitrogen and oxygen atoms in total. The number of nitrogens with zero attached hydrogens (tertiary/aromatic N) is 1. The molecule has 0 saturated heterocycles. The first-order valence-corrected chi connectivity index (χ1v) is 5.20. The minimum Gasteiger partial charge on any atom is -0.392 e. The van der Waals surface area contributed by atoms with E-state index in [1.807, 2.05) is 6.07 Å². The van der Waals surface area contributed by atoms with Crippen LogP contribution in [0.3, 0.4) is 0 Å². The van der Waals surface area contributed by atoms with Gasteiger partial charge in [0.05, 0.1) is 18.5 Å². The van der Waals surface area contributed by atoms with Crippen LogP contribution in [0.25, 0.3) is 0 Å². The van der Waals surface area contributed by atoms with Crippen molar-refractivity contribution in [1.29, 1.82) is 0 Å². The summed E-state index contributed by atoms with van der Waals surface area (Å²) in [5.74, 6) is 0.